The molecule has 1 amide bonds. The van der Waals surface area contributed by atoms with Crippen LogP contribution in [0, 0.1) is 5.92 Å². The van der Waals surface area contributed by atoms with Gasteiger partial charge in [-0.05, 0) is 39.4 Å². The van der Waals surface area contributed by atoms with E-state index in [1.54, 1.807) is 0 Å². The Balaban J connectivity index is 1.18. The number of piperazine rings is 1. The number of likely N-dealkylation sites (tertiary alicyclic amines) is 1. The van der Waals surface area contributed by atoms with Crippen molar-refractivity contribution in [2.24, 2.45) is 5.92 Å². The molecule has 2 fully saturated rings. The van der Waals surface area contributed by atoms with Gasteiger partial charge in [0.1, 0.15) is 0 Å². The van der Waals surface area contributed by atoms with Crippen LogP contribution in [0.4, 0.5) is 0 Å². The van der Waals surface area contributed by atoms with Crippen molar-refractivity contribution in [2.45, 2.75) is 25.8 Å². The fourth-order valence-corrected chi connectivity index (χ4v) is 4.36. The van der Waals surface area contributed by atoms with Gasteiger partial charge in [-0.1, -0.05) is 35.5 Å². The van der Waals surface area contributed by atoms with Gasteiger partial charge >= 0.3 is 0 Å². The number of aromatic nitrogens is 2. The third-order valence-corrected chi connectivity index (χ3v) is 6.28. The number of carbonyl (C=O) groups is 1. The van der Waals surface area contributed by atoms with Gasteiger partial charge in [0.2, 0.25) is 17.6 Å². The number of carbonyl (C=O) groups excluding carboxylic acids is 1. The molecule has 3 heterocycles. The number of benzene rings is 1. The SMILES string of the molecule is CN1CCN(CCCNC(=O)C2CCCN(Cc3nc(-c4ccccc4)no3)C2)CC1. The minimum atomic E-state index is 0.0360. The van der Waals surface area contributed by atoms with Crippen molar-refractivity contribution in [3.05, 3.63) is 36.2 Å². The summed E-state index contributed by atoms with van der Waals surface area (Å²) in [6.45, 7) is 8.63. The normalized spacial score (nSPS) is 21.3. The van der Waals surface area contributed by atoms with Crippen LogP contribution in [0.5, 0.6) is 0 Å². The lowest BCUT2D eigenvalue weighted by Gasteiger charge is -2.32. The molecule has 8 nitrogen and oxygen atoms in total. The highest BCUT2D eigenvalue weighted by Gasteiger charge is 2.26. The maximum atomic E-state index is 12.7. The first-order valence-electron chi connectivity index (χ1n) is 11.5. The Hall–Kier alpha value is -2.29. The summed E-state index contributed by atoms with van der Waals surface area (Å²) in [5.41, 5.74) is 0.949. The zero-order valence-corrected chi connectivity index (χ0v) is 18.5. The summed E-state index contributed by atoms with van der Waals surface area (Å²) in [6.07, 6.45) is 2.97. The molecule has 2 saturated heterocycles. The van der Waals surface area contributed by atoms with Crippen LogP contribution in [0.3, 0.4) is 0 Å². The second-order valence-corrected chi connectivity index (χ2v) is 8.74. The Morgan fingerprint density at radius 3 is 2.74 bits per heavy atom. The molecule has 2 aromatic rings. The molecule has 0 spiro atoms. The van der Waals surface area contributed by atoms with E-state index in [1.165, 1.54) is 0 Å². The number of hydrogen-bond acceptors (Lipinski definition) is 7. The van der Waals surface area contributed by atoms with Crippen molar-refractivity contribution >= 4 is 5.91 Å². The third kappa shape index (κ3) is 6.35. The van der Waals surface area contributed by atoms with Crippen molar-refractivity contribution in [1.29, 1.82) is 0 Å². The van der Waals surface area contributed by atoms with Gasteiger partial charge < -0.3 is 19.6 Å². The van der Waals surface area contributed by atoms with Crippen LogP contribution in [-0.4, -0.2) is 90.2 Å². The molecule has 1 aromatic heterocycles. The van der Waals surface area contributed by atoms with E-state index >= 15 is 0 Å². The minimum Gasteiger partial charge on any atom is -0.356 e. The molecule has 1 N–H and O–H groups in total. The molecule has 0 aliphatic carbocycles. The maximum Gasteiger partial charge on any atom is 0.241 e. The summed E-state index contributed by atoms with van der Waals surface area (Å²) in [6, 6.07) is 9.84. The number of piperidine rings is 1. The predicted molar refractivity (Wildman–Crippen MR) is 119 cm³/mol. The average Bonchev–Trinajstić information content (AvgIpc) is 3.27. The van der Waals surface area contributed by atoms with E-state index in [0.29, 0.717) is 18.3 Å². The van der Waals surface area contributed by atoms with E-state index in [0.717, 1.165) is 77.2 Å². The van der Waals surface area contributed by atoms with Gasteiger partial charge in [-0.25, -0.2) is 0 Å². The van der Waals surface area contributed by atoms with Crippen molar-refractivity contribution in [3.63, 3.8) is 0 Å². The van der Waals surface area contributed by atoms with E-state index in [9.17, 15) is 4.79 Å². The summed E-state index contributed by atoms with van der Waals surface area (Å²) in [4.78, 5) is 24.3. The van der Waals surface area contributed by atoms with E-state index in [4.69, 9.17) is 4.52 Å². The first kappa shape index (κ1) is 21.9. The molecule has 1 atom stereocenters. The monoisotopic (exact) mass is 426 g/mol. The van der Waals surface area contributed by atoms with Gasteiger partial charge in [0.25, 0.3) is 0 Å². The van der Waals surface area contributed by atoms with Crippen LogP contribution in [0.1, 0.15) is 25.2 Å². The van der Waals surface area contributed by atoms with Crippen LogP contribution < -0.4 is 5.32 Å². The lowest BCUT2D eigenvalue weighted by Crippen LogP contribution is -2.45. The molecule has 2 aliphatic heterocycles. The van der Waals surface area contributed by atoms with Gasteiger partial charge in [0.15, 0.2) is 0 Å². The van der Waals surface area contributed by atoms with Crippen molar-refractivity contribution < 1.29 is 9.32 Å². The summed E-state index contributed by atoms with van der Waals surface area (Å²) in [7, 11) is 2.17. The standard InChI is InChI=1S/C23H34N6O2/c1-27-13-15-28(16-14-27)12-6-10-24-23(30)20-9-5-11-29(17-20)18-21-25-22(26-31-21)19-7-3-2-4-8-19/h2-4,7-8,20H,5-6,9-18H2,1H3,(H,24,30). The summed E-state index contributed by atoms with van der Waals surface area (Å²) >= 11 is 0. The highest BCUT2D eigenvalue weighted by atomic mass is 16.5. The number of rotatable bonds is 8. The zero-order chi connectivity index (χ0) is 21.5. The number of nitrogens with zero attached hydrogens (tertiary/aromatic N) is 5. The Bertz CT molecular complexity index is 818. The van der Waals surface area contributed by atoms with Crippen molar-refractivity contribution in [2.75, 3.05) is 59.4 Å². The first-order valence-corrected chi connectivity index (χ1v) is 11.5. The fourth-order valence-electron chi connectivity index (χ4n) is 4.36. The number of amides is 1. The average molecular weight is 427 g/mol. The molecule has 0 radical (unpaired) electrons. The van der Waals surface area contributed by atoms with Crippen LogP contribution in [-0.2, 0) is 11.3 Å². The molecule has 2 aliphatic rings. The van der Waals surface area contributed by atoms with Crippen molar-refractivity contribution in [1.82, 2.24) is 30.2 Å². The smallest absolute Gasteiger partial charge is 0.241 e. The molecule has 1 aromatic carbocycles. The van der Waals surface area contributed by atoms with Gasteiger partial charge in [-0.2, -0.15) is 4.98 Å². The van der Waals surface area contributed by atoms with E-state index in [2.05, 4.69) is 37.2 Å². The summed E-state index contributed by atoms with van der Waals surface area (Å²) in [5.74, 6) is 1.43. The molecule has 168 valence electrons. The molecular weight excluding hydrogens is 392 g/mol. The van der Waals surface area contributed by atoms with E-state index < -0.39 is 0 Å². The molecule has 0 bridgehead atoms. The highest BCUT2D eigenvalue weighted by Crippen LogP contribution is 2.20. The largest absolute Gasteiger partial charge is 0.356 e. The Labute approximate surface area is 184 Å². The first-order chi connectivity index (χ1) is 15.2. The molecule has 31 heavy (non-hydrogen) atoms. The minimum absolute atomic E-state index is 0.0360. The van der Waals surface area contributed by atoms with Crippen LogP contribution in [0.2, 0.25) is 0 Å². The Kier molecular flexibility index (Phi) is 7.66. The number of hydrogen-bond donors (Lipinski definition) is 1. The molecule has 4 rings (SSSR count). The van der Waals surface area contributed by atoms with Gasteiger partial charge in [-0.3, -0.25) is 9.69 Å². The highest BCUT2D eigenvalue weighted by molar-refractivity contribution is 5.78. The van der Waals surface area contributed by atoms with E-state index in [1.807, 2.05) is 30.3 Å². The lowest BCUT2D eigenvalue weighted by atomic mass is 9.97. The molecule has 1 unspecified atom stereocenters. The van der Waals surface area contributed by atoms with Crippen LogP contribution in [0.25, 0.3) is 11.4 Å². The van der Waals surface area contributed by atoms with E-state index in [-0.39, 0.29) is 11.8 Å². The quantitative estimate of drug-likeness (QED) is 0.644. The summed E-state index contributed by atoms with van der Waals surface area (Å²) < 4.78 is 5.45. The molecule has 8 heteroatoms. The summed E-state index contributed by atoms with van der Waals surface area (Å²) in [5, 5.41) is 7.26. The zero-order valence-electron chi connectivity index (χ0n) is 18.5. The molecular formula is C23H34N6O2. The van der Waals surface area contributed by atoms with Gasteiger partial charge in [0, 0.05) is 44.8 Å². The van der Waals surface area contributed by atoms with Crippen LogP contribution >= 0.6 is 0 Å². The lowest BCUT2D eigenvalue weighted by molar-refractivity contribution is -0.126. The second kappa shape index (κ2) is 10.8. The second-order valence-electron chi connectivity index (χ2n) is 8.74. The molecule has 0 saturated carbocycles. The fraction of sp³-hybridized carbons (Fsp3) is 0.609. The van der Waals surface area contributed by atoms with Gasteiger partial charge in [0.05, 0.1) is 12.5 Å². The maximum absolute atomic E-state index is 12.7. The Morgan fingerprint density at radius 1 is 1.13 bits per heavy atom. The van der Waals surface area contributed by atoms with Gasteiger partial charge in [-0.15, -0.1) is 0 Å². The van der Waals surface area contributed by atoms with Crippen LogP contribution in [0.15, 0.2) is 34.9 Å². The van der Waals surface area contributed by atoms with Crippen molar-refractivity contribution in [3.8, 4) is 11.4 Å². The third-order valence-electron chi connectivity index (χ3n) is 6.28. The Morgan fingerprint density at radius 2 is 1.94 bits per heavy atom. The predicted octanol–water partition coefficient (Wildman–Crippen LogP) is 1.70. The topological polar surface area (TPSA) is 77.7 Å². The number of likely N-dealkylation sites (N-methyl/N-ethyl adjacent to an activating group) is 1. The number of nitrogens with one attached hydrogen (secondary N) is 1.